The zero-order valence-corrected chi connectivity index (χ0v) is 10.9. The van der Waals surface area contributed by atoms with E-state index in [1.54, 1.807) is 0 Å². The fourth-order valence-electron chi connectivity index (χ4n) is 2.94. The van der Waals surface area contributed by atoms with Crippen molar-refractivity contribution < 1.29 is 5.11 Å². The Morgan fingerprint density at radius 1 is 1.29 bits per heavy atom. The first-order valence-corrected chi connectivity index (χ1v) is 7.51. The first kappa shape index (κ1) is 11.6. The summed E-state index contributed by atoms with van der Waals surface area (Å²) in [6.45, 7) is 1.81. The van der Waals surface area contributed by atoms with Gasteiger partial charge >= 0.3 is 0 Å². The van der Waals surface area contributed by atoms with Gasteiger partial charge in [0.05, 0.1) is 11.8 Å². The van der Waals surface area contributed by atoms with E-state index < -0.39 is 0 Å². The summed E-state index contributed by atoms with van der Waals surface area (Å²) in [4.78, 5) is 6.17. The minimum atomic E-state index is -0.0798. The molecule has 2 aliphatic carbocycles. The number of aliphatic hydroxyl groups excluding tert-OH is 1. The molecular weight excluding hydrogens is 232 g/mol. The predicted octanol–water partition coefficient (Wildman–Crippen LogP) is 1.88. The van der Waals surface area contributed by atoms with E-state index in [1.807, 2.05) is 11.3 Å². The van der Waals surface area contributed by atoms with Crippen molar-refractivity contribution in [2.75, 3.05) is 6.54 Å². The molecule has 2 atom stereocenters. The molecule has 0 aliphatic heterocycles. The van der Waals surface area contributed by atoms with Crippen molar-refractivity contribution in [2.24, 2.45) is 5.92 Å². The normalized spacial score (nSPS) is 27.6. The van der Waals surface area contributed by atoms with E-state index in [0.717, 1.165) is 19.5 Å². The van der Waals surface area contributed by atoms with E-state index >= 15 is 0 Å². The number of aryl methyl sites for hydroxylation is 2. The molecule has 1 aromatic rings. The zero-order chi connectivity index (χ0) is 11.7. The second kappa shape index (κ2) is 5.04. The van der Waals surface area contributed by atoms with Crippen LogP contribution in [-0.4, -0.2) is 22.7 Å². The molecule has 2 N–H and O–H groups in total. The van der Waals surface area contributed by atoms with Crippen LogP contribution in [0.4, 0.5) is 0 Å². The highest BCUT2D eigenvalue weighted by Gasteiger charge is 2.24. The Kier molecular flexibility index (Phi) is 3.45. The molecule has 2 aliphatic rings. The molecule has 94 valence electrons. The number of nitrogens with one attached hydrogen (secondary N) is 1. The van der Waals surface area contributed by atoms with E-state index in [4.69, 9.17) is 0 Å². The average molecular weight is 252 g/mol. The lowest BCUT2D eigenvalue weighted by atomic mass is 10.1. The first-order valence-electron chi connectivity index (χ1n) is 6.69. The molecule has 3 nitrogen and oxygen atoms in total. The summed E-state index contributed by atoms with van der Waals surface area (Å²) in [5.74, 6) is 0.460. The molecule has 0 aromatic carbocycles. The Morgan fingerprint density at radius 3 is 3.00 bits per heavy atom. The average Bonchev–Trinajstić information content (AvgIpc) is 2.95. The van der Waals surface area contributed by atoms with Gasteiger partial charge in [-0.25, -0.2) is 4.98 Å². The van der Waals surface area contributed by atoms with Gasteiger partial charge in [0.25, 0.3) is 0 Å². The van der Waals surface area contributed by atoms with Gasteiger partial charge in [0, 0.05) is 18.0 Å². The third kappa shape index (κ3) is 2.54. The first-order chi connectivity index (χ1) is 8.33. The number of nitrogens with zero attached hydrogens (tertiary/aromatic N) is 1. The summed E-state index contributed by atoms with van der Waals surface area (Å²) in [6, 6.07) is 0. The van der Waals surface area contributed by atoms with E-state index in [0.29, 0.717) is 5.92 Å². The van der Waals surface area contributed by atoms with Crippen molar-refractivity contribution in [1.82, 2.24) is 10.3 Å². The van der Waals surface area contributed by atoms with Gasteiger partial charge in [0.2, 0.25) is 0 Å². The fourth-order valence-corrected chi connectivity index (χ4v) is 4.07. The lowest BCUT2D eigenvalue weighted by Crippen LogP contribution is -2.27. The topological polar surface area (TPSA) is 45.1 Å². The van der Waals surface area contributed by atoms with Gasteiger partial charge in [-0.2, -0.15) is 0 Å². The van der Waals surface area contributed by atoms with Crippen LogP contribution in [0.3, 0.4) is 0 Å². The van der Waals surface area contributed by atoms with Crippen molar-refractivity contribution in [3.63, 3.8) is 0 Å². The molecule has 3 rings (SSSR count). The lowest BCUT2D eigenvalue weighted by Gasteiger charge is -2.14. The third-order valence-electron chi connectivity index (χ3n) is 3.94. The number of fused-ring (bicyclic) bond motifs is 1. The van der Waals surface area contributed by atoms with Gasteiger partial charge in [-0.15, -0.1) is 11.3 Å². The van der Waals surface area contributed by atoms with Crippen LogP contribution in [0.2, 0.25) is 0 Å². The largest absolute Gasteiger partial charge is 0.393 e. The van der Waals surface area contributed by atoms with Gasteiger partial charge in [-0.1, -0.05) is 6.42 Å². The molecule has 1 aromatic heterocycles. The molecule has 0 spiro atoms. The van der Waals surface area contributed by atoms with Crippen molar-refractivity contribution in [1.29, 1.82) is 0 Å². The Bertz CT molecular complexity index is 369. The van der Waals surface area contributed by atoms with Gasteiger partial charge < -0.3 is 10.4 Å². The minimum Gasteiger partial charge on any atom is -0.393 e. The highest BCUT2D eigenvalue weighted by Crippen LogP contribution is 2.28. The summed E-state index contributed by atoms with van der Waals surface area (Å²) in [5.41, 5.74) is 1.34. The van der Waals surface area contributed by atoms with Crippen LogP contribution in [0.5, 0.6) is 0 Å². The Balaban J connectivity index is 1.47. The SMILES string of the molecule is OC1CCCC1CNCc1nc2c(s1)CCC2. The van der Waals surface area contributed by atoms with Crippen LogP contribution in [-0.2, 0) is 19.4 Å². The molecule has 1 fully saturated rings. The maximum Gasteiger partial charge on any atom is 0.107 e. The third-order valence-corrected chi connectivity index (χ3v) is 5.10. The molecule has 0 radical (unpaired) electrons. The van der Waals surface area contributed by atoms with Crippen molar-refractivity contribution in [3.8, 4) is 0 Å². The van der Waals surface area contributed by atoms with Crippen LogP contribution in [0.15, 0.2) is 0 Å². The molecule has 2 unspecified atom stereocenters. The molecule has 1 heterocycles. The van der Waals surface area contributed by atoms with Gasteiger partial charge in [-0.3, -0.25) is 0 Å². The van der Waals surface area contributed by atoms with Crippen molar-refractivity contribution in [2.45, 2.75) is 51.2 Å². The van der Waals surface area contributed by atoms with E-state index in [9.17, 15) is 5.11 Å². The molecule has 4 heteroatoms. The highest BCUT2D eigenvalue weighted by molar-refractivity contribution is 7.11. The van der Waals surface area contributed by atoms with Crippen molar-refractivity contribution in [3.05, 3.63) is 15.6 Å². The maximum absolute atomic E-state index is 9.73. The molecule has 0 amide bonds. The van der Waals surface area contributed by atoms with Crippen LogP contribution in [0, 0.1) is 5.92 Å². The summed E-state index contributed by atoms with van der Waals surface area (Å²) < 4.78 is 0. The maximum atomic E-state index is 9.73. The quantitative estimate of drug-likeness (QED) is 0.860. The van der Waals surface area contributed by atoms with E-state index in [1.165, 1.54) is 47.7 Å². The highest BCUT2D eigenvalue weighted by atomic mass is 32.1. The fraction of sp³-hybridized carbons (Fsp3) is 0.769. The van der Waals surface area contributed by atoms with Crippen LogP contribution >= 0.6 is 11.3 Å². The summed E-state index contributed by atoms with van der Waals surface area (Å²) >= 11 is 1.87. The summed E-state index contributed by atoms with van der Waals surface area (Å²) in [5, 5.41) is 14.4. The minimum absolute atomic E-state index is 0.0798. The second-order valence-electron chi connectivity index (χ2n) is 5.22. The smallest absolute Gasteiger partial charge is 0.107 e. The van der Waals surface area contributed by atoms with Crippen molar-refractivity contribution >= 4 is 11.3 Å². The van der Waals surface area contributed by atoms with E-state index in [-0.39, 0.29) is 6.10 Å². The number of thiazole rings is 1. The number of hydrogen-bond donors (Lipinski definition) is 2. The summed E-state index contributed by atoms with van der Waals surface area (Å²) in [6.07, 6.45) is 6.95. The monoisotopic (exact) mass is 252 g/mol. The number of aromatic nitrogens is 1. The molecular formula is C13H20N2OS. The van der Waals surface area contributed by atoms with Crippen LogP contribution < -0.4 is 5.32 Å². The molecule has 17 heavy (non-hydrogen) atoms. The van der Waals surface area contributed by atoms with Gasteiger partial charge in [0.1, 0.15) is 5.01 Å². The van der Waals surface area contributed by atoms with Crippen LogP contribution in [0.1, 0.15) is 41.3 Å². The van der Waals surface area contributed by atoms with Crippen LogP contribution in [0.25, 0.3) is 0 Å². The molecule has 0 bridgehead atoms. The number of hydrogen-bond acceptors (Lipinski definition) is 4. The lowest BCUT2D eigenvalue weighted by molar-refractivity contribution is 0.131. The van der Waals surface area contributed by atoms with Gasteiger partial charge in [-0.05, 0) is 38.0 Å². The zero-order valence-electron chi connectivity index (χ0n) is 10.1. The summed E-state index contributed by atoms with van der Waals surface area (Å²) in [7, 11) is 0. The number of aliphatic hydroxyl groups is 1. The molecule has 0 saturated heterocycles. The Hall–Kier alpha value is -0.450. The van der Waals surface area contributed by atoms with Gasteiger partial charge in [0.15, 0.2) is 0 Å². The predicted molar refractivity (Wildman–Crippen MR) is 69.2 cm³/mol. The Labute approximate surface area is 106 Å². The van der Waals surface area contributed by atoms with E-state index in [2.05, 4.69) is 10.3 Å². The standard InChI is InChI=1S/C13H20N2OS/c16-11-5-1-3-9(11)7-14-8-13-15-10-4-2-6-12(10)17-13/h9,11,14,16H,1-8H2. The second-order valence-corrected chi connectivity index (χ2v) is 6.39. The molecule has 1 saturated carbocycles. The number of rotatable bonds is 4. The Morgan fingerprint density at radius 2 is 2.24 bits per heavy atom.